The van der Waals surface area contributed by atoms with E-state index in [-0.39, 0.29) is 48.3 Å². The zero-order valence-corrected chi connectivity index (χ0v) is 43.8. The monoisotopic (exact) mass is 1030 g/mol. The van der Waals surface area contributed by atoms with Crippen LogP contribution in [0.4, 0.5) is 0 Å². The molecule has 2 aliphatic heterocycles. The van der Waals surface area contributed by atoms with E-state index >= 15 is 0 Å². The van der Waals surface area contributed by atoms with Crippen molar-refractivity contribution >= 4 is 49.7 Å². The molecule has 4 N–H and O–H groups in total. The molecule has 2 fully saturated rings. The molecule has 8 rings (SSSR count). The van der Waals surface area contributed by atoms with Crippen molar-refractivity contribution < 1.29 is 47.2 Å². The highest BCUT2D eigenvalue weighted by Gasteiger charge is 2.45. The van der Waals surface area contributed by atoms with Crippen molar-refractivity contribution in [3.63, 3.8) is 0 Å². The molecule has 2 aliphatic rings. The highest BCUT2D eigenvalue weighted by molar-refractivity contribution is 7.90. The summed E-state index contributed by atoms with van der Waals surface area (Å²) < 4.78 is 42.7. The number of phenols is 1. The van der Waals surface area contributed by atoms with Gasteiger partial charge in [-0.25, -0.2) is 13.4 Å². The molecule has 0 bridgehead atoms. The molecular formula is C56H65N5O10S2. The van der Waals surface area contributed by atoms with Crippen molar-refractivity contribution in [2.75, 3.05) is 45.6 Å². The summed E-state index contributed by atoms with van der Waals surface area (Å²) in [6, 6.07) is 28.8. The Kier molecular flexibility index (Phi) is 16.5. The fraction of sp³-hybridized carbons (Fsp3) is 0.393. The number of thiazole rings is 1. The van der Waals surface area contributed by atoms with Crippen LogP contribution in [0.15, 0.2) is 114 Å². The number of hydrogen-bond acceptors (Lipinski definition) is 13. The number of benzene rings is 5. The Morgan fingerprint density at radius 1 is 0.863 bits per heavy atom. The maximum Gasteiger partial charge on any atom is 0.246 e. The summed E-state index contributed by atoms with van der Waals surface area (Å²) in [5.41, 5.74) is 5.60. The molecule has 17 heteroatoms. The zero-order valence-electron chi connectivity index (χ0n) is 42.2. The van der Waals surface area contributed by atoms with E-state index in [0.29, 0.717) is 18.1 Å². The number of fused-ring (bicyclic) bond motifs is 1. The molecule has 5 aromatic carbocycles. The number of hydrogen-bond donors (Lipinski definition) is 4. The molecule has 3 heterocycles. The average molecular weight is 1030 g/mol. The van der Waals surface area contributed by atoms with Crippen molar-refractivity contribution in [2.45, 2.75) is 95.5 Å². The Balaban J connectivity index is 0.738. The van der Waals surface area contributed by atoms with Crippen LogP contribution < -0.4 is 20.1 Å². The Labute approximate surface area is 431 Å². The third-order valence-electron chi connectivity index (χ3n) is 13.4. The van der Waals surface area contributed by atoms with E-state index in [1.54, 1.807) is 53.8 Å². The van der Waals surface area contributed by atoms with Crippen LogP contribution in [0.2, 0.25) is 0 Å². The van der Waals surface area contributed by atoms with Gasteiger partial charge in [0.15, 0.2) is 9.84 Å². The molecule has 1 aromatic heterocycles. The van der Waals surface area contributed by atoms with E-state index in [0.717, 1.165) is 88.2 Å². The number of nitrogens with zero attached hydrogens (tertiary/aromatic N) is 3. The molecule has 6 aromatic rings. The van der Waals surface area contributed by atoms with E-state index in [9.17, 15) is 33.0 Å². The van der Waals surface area contributed by atoms with E-state index in [2.05, 4.69) is 20.5 Å². The second-order valence-electron chi connectivity index (χ2n) is 20.2. The van der Waals surface area contributed by atoms with Crippen molar-refractivity contribution in [3.05, 3.63) is 120 Å². The molecule has 4 atom stereocenters. The molecule has 0 radical (unpaired) electrons. The first-order valence-electron chi connectivity index (χ1n) is 24.7. The zero-order chi connectivity index (χ0) is 52.0. The van der Waals surface area contributed by atoms with E-state index in [4.69, 9.17) is 14.2 Å². The Morgan fingerprint density at radius 2 is 1.56 bits per heavy atom. The maximum atomic E-state index is 14.1. The molecule has 386 valence electrons. The minimum atomic E-state index is -3.35. The Hall–Kier alpha value is -6.37. The van der Waals surface area contributed by atoms with Crippen molar-refractivity contribution in [1.29, 1.82) is 0 Å². The standard InChI is InChI=1S/C56H65N5O10S2/c1-35(37-10-12-39(13-11-37)52-36(2)57-34-72-52)58-54(65)49-29-42(63)30-61(49)55(66)53(56(3,4)5)59-50(64)33-69-27-9-7-8-26-60-31-45(32-60)70-43-18-20-44(21-19-43)71-51-47(24-16-40-28-41(62)17-25-48(40)51)38-14-22-46(23-15-38)73(6,67)68/h10-25,28,34-35,42,45,49,53,62-63H,7-9,26-27,29-33H2,1-6H3,(H,58,65)(H,59,64)/t35-,42+,49-,53+/m0/s1. The van der Waals surface area contributed by atoms with Crippen molar-refractivity contribution in [1.82, 2.24) is 25.4 Å². The van der Waals surface area contributed by atoms with Gasteiger partial charge >= 0.3 is 0 Å². The van der Waals surface area contributed by atoms with E-state index in [1.807, 2.05) is 101 Å². The first kappa shape index (κ1) is 52.9. The first-order valence-corrected chi connectivity index (χ1v) is 27.5. The number of β-amino-alcohol motifs (C(OH)–C–C–N with tert-alkyl or cyclic N) is 1. The Bertz CT molecular complexity index is 3010. The number of aromatic hydroxyl groups is 1. The number of amides is 3. The normalized spacial score (nSPS) is 17.2. The van der Waals surface area contributed by atoms with Gasteiger partial charge in [0.1, 0.15) is 47.8 Å². The largest absolute Gasteiger partial charge is 0.508 e. The molecule has 73 heavy (non-hydrogen) atoms. The highest BCUT2D eigenvalue weighted by Crippen LogP contribution is 2.41. The second-order valence-corrected chi connectivity index (χ2v) is 23.1. The van der Waals surface area contributed by atoms with Crippen LogP contribution in [0.5, 0.6) is 23.0 Å². The highest BCUT2D eigenvalue weighted by atomic mass is 32.2. The summed E-state index contributed by atoms with van der Waals surface area (Å²) in [6.07, 6.45) is 3.10. The minimum absolute atomic E-state index is 0.0106. The van der Waals surface area contributed by atoms with Gasteiger partial charge in [0.05, 0.1) is 33.1 Å². The number of aliphatic hydroxyl groups excluding tert-OH is 1. The number of aliphatic hydroxyl groups is 1. The van der Waals surface area contributed by atoms with Crippen LogP contribution in [0.1, 0.15) is 70.7 Å². The third kappa shape index (κ3) is 13.2. The number of carbonyl (C=O) groups is 3. The van der Waals surface area contributed by atoms with Crippen molar-refractivity contribution in [2.24, 2.45) is 5.41 Å². The van der Waals surface area contributed by atoms with Gasteiger partial charge < -0.3 is 40.0 Å². The summed E-state index contributed by atoms with van der Waals surface area (Å²) >= 11 is 1.57. The number of carbonyl (C=O) groups excluding carboxylic acids is 3. The van der Waals surface area contributed by atoms with Gasteiger partial charge in [-0.15, -0.1) is 11.3 Å². The summed E-state index contributed by atoms with van der Waals surface area (Å²) in [7, 11) is -3.35. The lowest BCUT2D eigenvalue weighted by Crippen LogP contribution is -2.58. The van der Waals surface area contributed by atoms with Crippen LogP contribution in [-0.2, 0) is 29.0 Å². The summed E-state index contributed by atoms with van der Waals surface area (Å²) in [5, 5.41) is 28.3. The molecular weight excluding hydrogens is 967 g/mol. The van der Waals surface area contributed by atoms with Gasteiger partial charge in [-0.3, -0.25) is 19.3 Å². The number of aryl methyl sites for hydroxylation is 1. The quantitative estimate of drug-likeness (QED) is 0.0534. The molecule has 3 amide bonds. The predicted octanol–water partition coefficient (Wildman–Crippen LogP) is 8.46. The number of nitrogens with one attached hydrogen (secondary N) is 2. The van der Waals surface area contributed by atoms with Crippen LogP contribution in [-0.4, -0.2) is 121 Å². The Morgan fingerprint density at radius 3 is 2.23 bits per heavy atom. The number of sulfone groups is 1. The SMILES string of the molecule is Cc1ncsc1-c1ccc([C@H](C)NC(=O)[C@@H]2C[C@@H](O)CN2C(=O)[C@@H](NC(=O)COCCCCCN2CC(Oc3ccc(Oc4c(-c5ccc(S(C)(=O)=O)cc5)ccc5cc(O)ccc45)cc3)C2)C(C)(C)C)cc1. The summed E-state index contributed by atoms with van der Waals surface area (Å²) in [5.74, 6) is 0.819. The fourth-order valence-corrected chi connectivity index (χ4v) is 10.7. The number of phenolic OH excluding ortho intramolecular Hbond substituents is 1. The fourth-order valence-electron chi connectivity index (χ4n) is 9.28. The summed E-state index contributed by atoms with van der Waals surface area (Å²) in [6.45, 7) is 12.1. The summed E-state index contributed by atoms with van der Waals surface area (Å²) in [4.78, 5) is 50.3. The number of aromatic nitrogens is 1. The van der Waals surface area contributed by atoms with Gasteiger partial charge in [0.25, 0.3) is 0 Å². The van der Waals surface area contributed by atoms with E-state index < -0.39 is 45.3 Å². The molecule has 15 nitrogen and oxygen atoms in total. The van der Waals surface area contributed by atoms with Crippen LogP contribution in [0, 0.1) is 12.3 Å². The first-order chi connectivity index (χ1) is 34.8. The topological polar surface area (TPSA) is 197 Å². The van der Waals surface area contributed by atoms with Gasteiger partial charge in [0, 0.05) is 49.9 Å². The molecule has 0 saturated carbocycles. The molecule has 0 unspecified atom stereocenters. The van der Waals surface area contributed by atoms with Crippen LogP contribution in [0.3, 0.4) is 0 Å². The van der Waals surface area contributed by atoms with Crippen molar-refractivity contribution in [3.8, 4) is 44.6 Å². The number of unbranched alkanes of at least 4 members (excludes halogenated alkanes) is 2. The lowest BCUT2D eigenvalue weighted by Gasteiger charge is -2.39. The minimum Gasteiger partial charge on any atom is -0.508 e. The molecule has 0 aliphatic carbocycles. The number of rotatable bonds is 20. The molecule has 0 spiro atoms. The predicted molar refractivity (Wildman–Crippen MR) is 283 cm³/mol. The maximum absolute atomic E-state index is 14.1. The lowest BCUT2D eigenvalue weighted by molar-refractivity contribution is -0.144. The van der Waals surface area contributed by atoms with Gasteiger partial charge in [-0.2, -0.15) is 0 Å². The van der Waals surface area contributed by atoms with E-state index in [1.165, 1.54) is 11.2 Å². The lowest BCUT2D eigenvalue weighted by atomic mass is 9.85. The number of likely N-dealkylation sites (tertiary alicyclic amines) is 2. The second kappa shape index (κ2) is 22.8. The smallest absolute Gasteiger partial charge is 0.246 e. The van der Waals surface area contributed by atoms with Gasteiger partial charge in [-0.1, -0.05) is 63.2 Å². The van der Waals surface area contributed by atoms with Gasteiger partial charge in [0.2, 0.25) is 17.7 Å². The van der Waals surface area contributed by atoms with Gasteiger partial charge in [-0.05, 0) is 128 Å². The average Bonchev–Trinajstić information content (AvgIpc) is 3.96. The molecule has 2 saturated heterocycles. The van der Waals surface area contributed by atoms with Crippen LogP contribution in [0.25, 0.3) is 32.3 Å². The van der Waals surface area contributed by atoms with Crippen LogP contribution >= 0.6 is 11.3 Å². The number of ether oxygens (including phenoxy) is 3. The third-order valence-corrected chi connectivity index (χ3v) is 15.5.